The van der Waals surface area contributed by atoms with Crippen LogP contribution in [-0.2, 0) is 0 Å². The van der Waals surface area contributed by atoms with Gasteiger partial charge in [0, 0.05) is 23.2 Å². The number of hydrogen-bond donors (Lipinski definition) is 1. The second kappa shape index (κ2) is 7.90. The average Bonchev–Trinajstić information content (AvgIpc) is 2.10. The first-order valence-corrected chi connectivity index (χ1v) is 5.20. The average molecular weight is 210 g/mol. The summed E-state index contributed by atoms with van der Waals surface area (Å²) in [5.41, 5.74) is 1.40. The zero-order chi connectivity index (χ0) is 9.40. The summed E-state index contributed by atoms with van der Waals surface area (Å²) in [5, 5.41) is 3.95. The first kappa shape index (κ1) is 12.3. The third kappa shape index (κ3) is 6.96. The quantitative estimate of drug-likeness (QED) is 0.707. The minimum absolute atomic E-state index is 0.523. The highest BCUT2D eigenvalue weighted by molar-refractivity contribution is 6.36. The maximum absolute atomic E-state index is 5.71. The second-order valence-electron chi connectivity index (χ2n) is 2.98. The van der Waals surface area contributed by atoms with Crippen LogP contribution in [0.3, 0.4) is 0 Å². The van der Waals surface area contributed by atoms with Crippen LogP contribution in [0.15, 0.2) is 10.6 Å². The van der Waals surface area contributed by atoms with Gasteiger partial charge < -0.3 is 5.32 Å². The zero-order valence-electron chi connectivity index (χ0n) is 7.74. The molecule has 0 aliphatic rings. The number of hydrogen-bond acceptors (Lipinski definition) is 1. The lowest BCUT2D eigenvalue weighted by Crippen LogP contribution is -2.26. The number of halogens is 2. The van der Waals surface area contributed by atoms with Gasteiger partial charge >= 0.3 is 0 Å². The third-order valence-electron chi connectivity index (χ3n) is 1.73. The van der Waals surface area contributed by atoms with Crippen LogP contribution in [0.1, 0.15) is 33.1 Å². The van der Waals surface area contributed by atoms with Gasteiger partial charge in [0.2, 0.25) is 0 Å². The van der Waals surface area contributed by atoms with Gasteiger partial charge in [0.15, 0.2) is 0 Å². The van der Waals surface area contributed by atoms with E-state index in [1.54, 1.807) is 0 Å². The molecule has 0 spiro atoms. The summed E-state index contributed by atoms with van der Waals surface area (Å²) in [5.74, 6) is 0. The lowest BCUT2D eigenvalue weighted by atomic mass is 10.1. The molecule has 0 rings (SSSR count). The fourth-order valence-corrected chi connectivity index (χ4v) is 1.08. The Morgan fingerprint density at radius 1 is 1.58 bits per heavy atom. The van der Waals surface area contributed by atoms with Gasteiger partial charge in [-0.25, -0.2) is 0 Å². The Bertz CT molecular complexity index is 134. The molecule has 0 saturated heterocycles. The van der Waals surface area contributed by atoms with E-state index in [0.29, 0.717) is 17.6 Å². The van der Waals surface area contributed by atoms with Gasteiger partial charge in [-0.15, -0.1) is 0 Å². The molecule has 0 fully saturated rings. The normalized spacial score (nSPS) is 14.8. The van der Waals surface area contributed by atoms with Crippen LogP contribution in [0.4, 0.5) is 0 Å². The minimum atomic E-state index is 0.523. The highest BCUT2D eigenvalue weighted by Gasteiger charge is 2.00. The van der Waals surface area contributed by atoms with Gasteiger partial charge in [-0.3, -0.25) is 0 Å². The maximum atomic E-state index is 5.71. The number of unbranched alkanes of at least 4 members (excludes halogenated alkanes) is 1. The van der Waals surface area contributed by atoms with Crippen LogP contribution < -0.4 is 5.32 Å². The summed E-state index contributed by atoms with van der Waals surface area (Å²) in [4.78, 5) is 0. The summed E-state index contributed by atoms with van der Waals surface area (Å²) in [7, 11) is 0. The van der Waals surface area contributed by atoms with Gasteiger partial charge in [-0.05, 0) is 13.3 Å². The van der Waals surface area contributed by atoms with Gasteiger partial charge in [-0.1, -0.05) is 43.0 Å². The Hall–Kier alpha value is 0.280. The molecule has 1 atom stereocenters. The Kier molecular flexibility index (Phi) is 8.09. The molecule has 0 radical (unpaired) electrons. The molecule has 1 unspecified atom stereocenters. The van der Waals surface area contributed by atoms with E-state index in [1.807, 2.05) is 0 Å². The van der Waals surface area contributed by atoms with E-state index < -0.39 is 0 Å². The van der Waals surface area contributed by atoms with E-state index >= 15 is 0 Å². The summed E-state index contributed by atoms with van der Waals surface area (Å²) in [6, 6.07) is 0.523. The summed E-state index contributed by atoms with van der Waals surface area (Å²) in [6.07, 6.45) is 3.70. The van der Waals surface area contributed by atoms with E-state index in [1.165, 1.54) is 24.8 Å². The molecule has 3 heteroatoms. The molecular weight excluding hydrogens is 193 g/mol. The molecule has 0 aromatic heterocycles. The summed E-state index contributed by atoms with van der Waals surface area (Å²) >= 11 is 11.1. The van der Waals surface area contributed by atoms with E-state index in [0.717, 1.165) is 0 Å². The standard InChI is InChI=1S/C9H17Cl2N/c1-3-4-5-8(2)12-7-9(11)6-10/h6,8,12H,3-5,7H2,1-2H3. The van der Waals surface area contributed by atoms with Crippen LogP contribution in [0.5, 0.6) is 0 Å². The predicted molar refractivity (Wildman–Crippen MR) is 56.8 cm³/mol. The molecular formula is C9H17Cl2N. The molecule has 12 heavy (non-hydrogen) atoms. The van der Waals surface area contributed by atoms with Crippen LogP contribution >= 0.6 is 23.2 Å². The van der Waals surface area contributed by atoms with Crippen molar-refractivity contribution < 1.29 is 0 Å². The smallest absolute Gasteiger partial charge is 0.0431 e. The van der Waals surface area contributed by atoms with E-state index in [4.69, 9.17) is 23.2 Å². The lowest BCUT2D eigenvalue weighted by Gasteiger charge is -2.11. The van der Waals surface area contributed by atoms with Crippen molar-refractivity contribution in [3.05, 3.63) is 10.6 Å². The Morgan fingerprint density at radius 2 is 2.25 bits per heavy atom. The van der Waals surface area contributed by atoms with E-state index in [-0.39, 0.29) is 0 Å². The minimum Gasteiger partial charge on any atom is -0.309 e. The lowest BCUT2D eigenvalue weighted by molar-refractivity contribution is 0.518. The molecule has 0 heterocycles. The monoisotopic (exact) mass is 209 g/mol. The molecule has 0 aliphatic carbocycles. The fourth-order valence-electron chi connectivity index (χ4n) is 0.923. The molecule has 0 saturated carbocycles. The number of rotatable bonds is 6. The predicted octanol–water partition coefficient (Wildman–Crippen LogP) is 3.47. The summed E-state index contributed by atoms with van der Waals surface area (Å²) < 4.78 is 0. The highest BCUT2D eigenvalue weighted by Crippen LogP contribution is 2.03. The molecule has 0 bridgehead atoms. The molecule has 1 nitrogen and oxygen atoms in total. The topological polar surface area (TPSA) is 12.0 Å². The SMILES string of the molecule is CCCCC(C)NCC(Cl)=CCl. The second-order valence-corrected chi connectivity index (χ2v) is 3.68. The fraction of sp³-hybridized carbons (Fsp3) is 0.778. The van der Waals surface area contributed by atoms with Crippen molar-refractivity contribution in [1.29, 1.82) is 0 Å². The molecule has 0 amide bonds. The van der Waals surface area contributed by atoms with Gasteiger partial charge in [0.1, 0.15) is 0 Å². The molecule has 1 N–H and O–H groups in total. The largest absolute Gasteiger partial charge is 0.309 e. The Morgan fingerprint density at radius 3 is 2.75 bits per heavy atom. The van der Waals surface area contributed by atoms with Crippen molar-refractivity contribution in [2.75, 3.05) is 6.54 Å². The highest BCUT2D eigenvalue weighted by atomic mass is 35.5. The maximum Gasteiger partial charge on any atom is 0.0431 e. The van der Waals surface area contributed by atoms with Gasteiger partial charge in [0.25, 0.3) is 0 Å². The van der Waals surface area contributed by atoms with Crippen LogP contribution in [0, 0.1) is 0 Å². The Labute approximate surface area is 85.1 Å². The summed E-state index contributed by atoms with van der Waals surface area (Å²) in [6.45, 7) is 5.03. The first-order valence-electron chi connectivity index (χ1n) is 4.38. The molecule has 72 valence electrons. The van der Waals surface area contributed by atoms with Crippen molar-refractivity contribution >= 4 is 23.2 Å². The molecule has 0 aromatic carbocycles. The van der Waals surface area contributed by atoms with E-state index in [2.05, 4.69) is 19.2 Å². The van der Waals surface area contributed by atoms with Crippen molar-refractivity contribution in [1.82, 2.24) is 5.32 Å². The first-order chi connectivity index (χ1) is 5.70. The number of nitrogens with one attached hydrogen (secondary N) is 1. The molecule has 0 aliphatic heterocycles. The van der Waals surface area contributed by atoms with Crippen LogP contribution in [0.2, 0.25) is 0 Å². The molecule has 0 aromatic rings. The van der Waals surface area contributed by atoms with Crippen molar-refractivity contribution in [3.63, 3.8) is 0 Å². The zero-order valence-corrected chi connectivity index (χ0v) is 9.25. The van der Waals surface area contributed by atoms with Crippen molar-refractivity contribution in [2.24, 2.45) is 0 Å². The van der Waals surface area contributed by atoms with Crippen LogP contribution in [0.25, 0.3) is 0 Å². The Balaban J connectivity index is 3.37. The van der Waals surface area contributed by atoms with Gasteiger partial charge in [0.05, 0.1) is 0 Å². The van der Waals surface area contributed by atoms with Crippen LogP contribution in [-0.4, -0.2) is 12.6 Å². The van der Waals surface area contributed by atoms with Gasteiger partial charge in [-0.2, -0.15) is 0 Å². The van der Waals surface area contributed by atoms with Crippen molar-refractivity contribution in [2.45, 2.75) is 39.2 Å². The third-order valence-corrected chi connectivity index (χ3v) is 2.35. The van der Waals surface area contributed by atoms with Crippen molar-refractivity contribution in [3.8, 4) is 0 Å². The van der Waals surface area contributed by atoms with E-state index in [9.17, 15) is 0 Å².